The van der Waals surface area contributed by atoms with Crippen LogP contribution in [0.25, 0.3) is 5.69 Å². The van der Waals surface area contributed by atoms with Crippen LogP contribution in [0.5, 0.6) is 0 Å². The van der Waals surface area contributed by atoms with E-state index in [1.165, 1.54) is 0 Å². The van der Waals surface area contributed by atoms with Crippen LogP contribution in [-0.4, -0.2) is 43.0 Å². The number of nitrogens with one attached hydrogen (secondary N) is 1. The second-order valence-corrected chi connectivity index (χ2v) is 7.54. The summed E-state index contributed by atoms with van der Waals surface area (Å²) < 4.78 is 3.74. The molecule has 0 bridgehead atoms. The topological polar surface area (TPSA) is 68.0 Å². The first kappa shape index (κ1) is 18.4. The van der Waals surface area contributed by atoms with Crippen molar-refractivity contribution in [2.75, 3.05) is 11.9 Å². The van der Waals surface area contributed by atoms with E-state index in [9.17, 15) is 4.79 Å². The van der Waals surface area contributed by atoms with E-state index in [1.807, 2.05) is 47.4 Å². The highest BCUT2D eigenvalue weighted by atomic mass is 16.2. The maximum absolute atomic E-state index is 12.9. The molecule has 1 aromatic carbocycles. The number of carbonyl (C=O) groups excluding carboxylic acids is 1. The molecule has 1 aliphatic rings. The quantitative estimate of drug-likeness (QED) is 0.715. The van der Waals surface area contributed by atoms with Crippen molar-refractivity contribution in [2.24, 2.45) is 0 Å². The molecule has 2 aromatic heterocycles. The molecule has 1 aliphatic heterocycles. The van der Waals surface area contributed by atoms with Gasteiger partial charge in [0.1, 0.15) is 0 Å². The van der Waals surface area contributed by atoms with Gasteiger partial charge < -0.3 is 5.32 Å². The van der Waals surface area contributed by atoms with Gasteiger partial charge in [0.2, 0.25) is 5.91 Å². The third-order valence-corrected chi connectivity index (χ3v) is 5.12. The van der Waals surface area contributed by atoms with Gasteiger partial charge in [-0.1, -0.05) is 6.07 Å². The van der Waals surface area contributed by atoms with E-state index >= 15 is 0 Å². The summed E-state index contributed by atoms with van der Waals surface area (Å²) in [6.45, 7) is 5.90. The van der Waals surface area contributed by atoms with Gasteiger partial charge in [0.05, 0.1) is 17.9 Å². The highest BCUT2D eigenvalue weighted by molar-refractivity contribution is 5.95. The lowest BCUT2D eigenvalue weighted by molar-refractivity contribution is -0.120. The molecule has 7 heteroatoms. The monoisotopic (exact) mass is 378 g/mol. The number of rotatable bonds is 6. The van der Waals surface area contributed by atoms with Gasteiger partial charge in [-0.15, -0.1) is 0 Å². The number of hydrogen-bond acceptors (Lipinski definition) is 4. The van der Waals surface area contributed by atoms with E-state index in [2.05, 4.69) is 40.5 Å². The summed E-state index contributed by atoms with van der Waals surface area (Å²) in [7, 11) is 0. The lowest BCUT2D eigenvalue weighted by atomic mass is 10.2. The number of aromatic nitrogens is 4. The Bertz CT molecular complexity index is 930. The summed E-state index contributed by atoms with van der Waals surface area (Å²) in [4.78, 5) is 15.2. The van der Waals surface area contributed by atoms with Crippen LogP contribution in [0.4, 0.5) is 5.69 Å². The van der Waals surface area contributed by atoms with Crippen molar-refractivity contribution in [1.29, 1.82) is 0 Å². The fourth-order valence-corrected chi connectivity index (χ4v) is 3.66. The van der Waals surface area contributed by atoms with Gasteiger partial charge >= 0.3 is 0 Å². The summed E-state index contributed by atoms with van der Waals surface area (Å²) in [6, 6.07) is 9.86. The molecule has 4 rings (SSSR count). The minimum atomic E-state index is -0.115. The Balaban J connectivity index is 1.43. The molecule has 0 spiro atoms. The first-order chi connectivity index (χ1) is 13.6. The zero-order chi connectivity index (χ0) is 19.5. The Labute approximate surface area is 165 Å². The van der Waals surface area contributed by atoms with Crippen molar-refractivity contribution in [2.45, 2.75) is 45.3 Å². The molecule has 146 valence electrons. The van der Waals surface area contributed by atoms with Crippen molar-refractivity contribution in [3.05, 3.63) is 60.7 Å². The van der Waals surface area contributed by atoms with Gasteiger partial charge in [-0.05, 0) is 57.5 Å². The molecule has 0 radical (unpaired) electrons. The van der Waals surface area contributed by atoms with Crippen LogP contribution in [0, 0.1) is 0 Å². The molecule has 0 saturated carbocycles. The number of likely N-dealkylation sites (tertiary alicyclic amines) is 1. The van der Waals surface area contributed by atoms with Crippen LogP contribution in [-0.2, 0) is 11.3 Å². The molecule has 3 aromatic rings. The first-order valence-corrected chi connectivity index (χ1v) is 9.78. The molecular weight excluding hydrogens is 352 g/mol. The molecule has 0 unspecified atom stereocenters. The number of anilines is 1. The molecule has 1 saturated heterocycles. The molecule has 7 nitrogen and oxygen atoms in total. The van der Waals surface area contributed by atoms with Crippen molar-refractivity contribution in [1.82, 2.24) is 24.5 Å². The summed E-state index contributed by atoms with van der Waals surface area (Å²) in [5, 5.41) is 11.7. The SMILES string of the molecule is CC(C)n1cc(CN2CCC[C@@H]2C(=O)Nc2cccc(-n3cccn3)c2)cn1. The Morgan fingerprint density at radius 1 is 1.29 bits per heavy atom. The summed E-state index contributed by atoms with van der Waals surface area (Å²) in [5.41, 5.74) is 2.86. The highest BCUT2D eigenvalue weighted by Gasteiger charge is 2.31. The van der Waals surface area contributed by atoms with Crippen LogP contribution in [0.15, 0.2) is 55.1 Å². The standard InChI is InChI=1S/C21H26N6O/c1-16(2)27-15-17(13-23-27)14-25-10-4-8-20(25)21(28)24-18-6-3-7-19(12-18)26-11-5-9-22-26/h3,5-7,9,11-13,15-16,20H,4,8,10,14H2,1-2H3,(H,24,28)/t20-/m1/s1. The summed E-state index contributed by atoms with van der Waals surface area (Å²) in [6.07, 6.45) is 9.51. The molecule has 1 atom stereocenters. The Morgan fingerprint density at radius 2 is 2.18 bits per heavy atom. The zero-order valence-corrected chi connectivity index (χ0v) is 16.3. The van der Waals surface area contributed by atoms with E-state index in [-0.39, 0.29) is 11.9 Å². The van der Waals surface area contributed by atoms with E-state index in [0.717, 1.165) is 42.9 Å². The molecule has 28 heavy (non-hydrogen) atoms. The zero-order valence-electron chi connectivity index (χ0n) is 16.3. The van der Waals surface area contributed by atoms with Gasteiger partial charge in [-0.2, -0.15) is 10.2 Å². The molecule has 1 N–H and O–H groups in total. The number of benzene rings is 1. The minimum Gasteiger partial charge on any atom is -0.325 e. The average molecular weight is 378 g/mol. The van der Waals surface area contributed by atoms with E-state index in [0.29, 0.717) is 6.04 Å². The third kappa shape index (κ3) is 3.99. The van der Waals surface area contributed by atoms with Crippen LogP contribution >= 0.6 is 0 Å². The van der Waals surface area contributed by atoms with Crippen LogP contribution < -0.4 is 5.32 Å². The predicted octanol–water partition coefficient (Wildman–Crippen LogP) is 3.25. The van der Waals surface area contributed by atoms with Gasteiger partial charge in [-0.3, -0.25) is 14.4 Å². The van der Waals surface area contributed by atoms with E-state index in [4.69, 9.17) is 0 Å². The van der Waals surface area contributed by atoms with Crippen LogP contribution in [0.2, 0.25) is 0 Å². The van der Waals surface area contributed by atoms with Crippen LogP contribution in [0.1, 0.15) is 38.3 Å². The van der Waals surface area contributed by atoms with Gasteiger partial charge in [0.25, 0.3) is 0 Å². The summed E-state index contributed by atoms with van der Waals surface area (Å²) in [5.74, 6) is 0.0476. The fourth-order valence-electron chi connectivity index (χ4n) is 3.66. The van der Waals surface area contributed by atoms with E-state index in [1.54, 1.807) is 10.9 Å². The number of hydrogen-bond donors (Lipinski definition) is 1. The summed E-state index contributed by atoms with van der Waals surface area (Å²) >= 11 is 0. The van der Waals surface area contributed by atoms with Crippen LogP contribution in [0.3, 0.4) is 0 Å². The van der Waals surface area contributed by atoms with Crippen molar-refractivity contribution >= 4 is 11.6 Å². The number of amides is 1. The van der Waals surface area contributed by atoms with Gasteiger partial charge in [-0.25, -0.2) is 4.68 Å². The first-order valence-electron chi connectivity index (χ1n) is 9.78. The van der Waals surface area contributed by atoms with Crippen molar-refractivity contribution < 1.29 is 4.79 Å². The predicted molar refractivity (Wildman–Crippen MR) is 108 cm³/mol. The normalized spacial score (nSPS) is 17.3. The van der Waals surface area contributed by atoms with E-state index < -0.39 is 0 Å². The third-order valence-electron chi connectivity index (χ3n) is 5.12. The Morgan fingerprint density at radius 3 is 2.93 bits per heavy atom. The largest absolute Gasteiger partial charge is 0.325 e. The molecule has 3 heterocycles. The minimum absolute atomic E-state index is 0.0476. The lowest BCUT2D eigenvalue weighted by Gasteiger charge is -2.23. The number of carbonyl (C=O) groups is 1. The Hall–Kier alpha value is -2.93. The second-order valence-electron chi connectivity index (χ2n) is 7.54. The Kier molecular flexibility index (Phi) is 5.25. The average Bonchev–Trinajstić information content (AvgIpc) is 3.44. The maximum atomic E-state index is 12.9. The fraction of sp³-hybridized carbons (Fsp3) is 0.381. The maximum Gasteiger partial charge on any atom is 0.241 e. The van der Waals surface area contributed by atoms with Crippen molar-refractivity contribution in [3.63, 3.8) is 0 Å². The molecule has 1 amide bonds. The lowest BCUT2D eigenvalue weighted by Crippen LogP contribution is -2.39. The highest BCUT2D eigenvalue weighted by Crippen LogP contribution is 2.22. The number of nitrogens with zero attached hydrogens (tertiary/aromatic N) is 5. The molecule has 1 fully saturated rings. The molecule has 0 aliphatic carbocycles. The van der Waals surface area contributed by atoms with Gasteiger partial charge in [0, 0.05) is 42.4 Å². The molecular formula is C21H26N6O. The smallest absolute Gasteiger partial charge is 0.241 e. The van der Waals surface area contributed by atoms with Crippen molar-refractivity contribution in [3.8, 4) is 5.69 Å². The second kappa shape index (κ2) is 7.98. The van der Waals surface area contributed by atoms with Gasteiger partial charge in [0.15, 0.2) is 0 Å².